The molecule has 1 unspecified atom stereocenters. The number of rotatable bonds is 7. The van der Waals surface area contributed by atoms with E-state index in [1.807, 2.05) is 30.3 Å². The Hall–Kier alpha value is -3.17. The molecule has 3 aromatic rings. The van der Waals surface area contributed by atoms with Gasteiger partial charge in [0.2, 0.25) is 5.91 Å². The van der Waals surface area contributed by atoms with Gasteiger partial charge in [-0.2, -0.15) is 0 Å². The van der Waals surface area contributed by atoms with Crippen molar-refractivity contribution in [1.29, 1.82) is 0 Å². The number of carbonyl (C=O) groups excluding carboxylic acids is 2. The van der Waals surface area contributed by atoms with E-state index in [0.29, 0.717) is 36.2 Å². The molecule has 5 rings (SSSR count). The number of amides is 2. The second kappa shape index (κ2) is 11.9. The van der Waals surface area contributed by atoms with E-state index in [2.05, 4.69) is 4.90 Å². The molecule has 1 atom stereocenters. The van der Waals surface area contributed by atoms with Crippen molar-refractivity contribution in [1.82, 2.24) is 9.80 Å². The first-order chi connectivity index (χ1) is 18.8. The summed E-state index contributed by atoms with van der Waals surface area (Å²) in [5.41, 5.74) is 3.00. The second-order valence-corrected chi connectivity index (χ2v) is 10.4. The molecular formula is C29H28Cl2FN3O4. The van der Waals surface area contributed by atoms with Crippen molar-refractivity contribution in [2.45, 2.75) is 6.04 Å². The molecule has 0 N–H and O–H groups in total. The van der Waals surface area contributed by atoms with Crippen LogP contribution in [0.5, 0.6) is 5.75 Å². The number of nitrogens with zero attached hydrogens (tertiary/aromatic N) is 3. The molecule has 2 aliphatic heterocycles. The molecule has 10 heteroatoms. The fourth-order valence-corrected chi connectivity index (χ4v) is 5.15. The molecule has 0 spiro atoms. The molecule has 3 aromatic carbocycles. The number of anilines is 1. The minimum absolute atomic E-state index is 0.176. The molecule has 204 valence electrons. The molecule has 1 saturated heterocycles. The number of fused-ring (bicyclic) bond motifs is 1. The van der Waals surface area contributed by atoms with E-state index >= 15 is 0 Å². The highest BCUT2D eigenvalue weighted by Crippen LogP contribution is 2.39. The monoisotopic (exact) mass is 571 g/mol. The molecule has 1 fully saturated rings. The number of ether oxygens (including phenoxy) is 2. The summed E-state index contributed by atoms with van der Waals surface area (Å²) in [6.07, 6.45) is 0. The van der Waals surface area contributed by atoms with E-state index < -0.39 is 0 Å². The zero-order valence-corrected chi connectivity index (χ0v) is 22.9. The molecule has 0 aliphatic carbocycles. The van der Waals surface area contributed by atoms with Crippen molar-refractivity contribution >= 4 is 40.7 Å². The number of morpholine rings is 1. The number of halogens is 3. The maximum atomic E-state index is 13.8. The maximum absolute atomic E-state index is 13.8. The molecule has 2 amide bonds. The zero-order valence-electron chi connectivity index (χ0n) is 21.4. The first kappa shape index (κ1) is 27.4. The van der Waals surface area contributed by atoms with Crippen molar-refractivity contribution in [3.8, 4) is 16.9 Å². The maximum Gasteiger partial charge on any atom is 0.265 e. The quantitative estimate of drug-likeness (QED) is 0.397. The van der Waals surface area contributed by atoms with Gasteiger partial charge in [-0.05, 0) is 34.9 Å². The predicted molar refractivity (Wildman–Crippen MR) is 149 cm³/mol. The van der Waals surface area contributed by atoms with Crippen LogP contribution in [0, 0.1) is 5.82 Å². The Labute approximate surface area is 236 Å². The number of likely N-dealkylation sites (N-methyl/N-ethyl adjacent to an activating group) is 1. The standard InChI is InChI=1S/C29H28Cl2FN3O4/c1-33(28(36)17-35-25-14-23(30)24(31)15-27(25)39-18-29(35)37)26(16-34-9-11-38-12-10-34)20-7-5-19(6-8-20)21-3-2-4-22(32)13-21/h2-8,13-15,26H,9-12,16-18H2,1H3. The van der Waals surface area contributed by atoms with Gasteiger partial charge in [0, 0.05) is 32.7 Å². The summed E-state index contributed by atoms with van der Waals surface area (Å²) in [7, 11) is 1.74. The fraction of sp³-hybridized carbons (Fsp3) is 0.310. The van der Waals surface area contributed by atoms with Crippen LogP contribution < -0.4 is 9.64 Å². The highest BCUT2D eigenvalue weighted by atomic mass is 35.5. The first-order valence-electron chi connectivity index (χ1n) is 12.6. The molecular weight excluding hydrogens is 544 g/mol. The lowest BCUT2D eigenvalue weighted by atomic mass is 9.99. The summed E-state index contributed by atoms with van der Waals surface area (Å²) in [5, 5.41) is 0.573. The van der Waals surface area contributed by atoms with E-state index in [0.717, 1.165) is 29.8 Å². The van der Waals surface area contributed by atoms with Crippen LogP contribution in [-0.4, -0.2) is 74.7 Å². The Morgan fingerprint density at radius 1 is 1.03 bits per heavy atom. The van der Waals surface area contributed by atoms with Crippen LogP contribution in [-0.2, 0) is 14.3 Å². The summed E-state index contributed by atoms with van der Waals surface area (Å²) in [5.74, 6) is -0.478. The van der Waals surface area contributed by atoms with E-state index in [1.54, 1.807) is 30.1 Å². The molecule has 0 radical (unpaired) electrons. The van der Waals surface area contributed by atoms with Crippen LogP contribution in [0.4, 0.5) is 10.1 Å². The minimum atomic E-state index is -0.341. The van der Waals surface area contributed by atoms with Gasteiger partial charge in [-0.25, -0.2) is 4.39 Å². The van der Waals surface area contributed by atoms with Crippen molar-refractivity contribution in [2.75, 3.05) is 57.9 Å². The average Bonchev–Trinajstić information content (AvgIpc) is 2.94. The topological polar surface area (TPSA) is 62.3 Å². The summed E-state index contributed by atoms with van der Waals surface area (Å²) < 4.78 is 24.8. The lowest BCUT2D eigenvalue weighted by Crippen LogP contribution is -2.48. The lowest BCUT2D eigenvalue weighted by molar-refractivity contribution is -0.133. The van der Waals surface area contributed by atoms with E-state index in [9.17, 15) is 14.0 Å². The highest BCUT2D eigenvalue weighted by Gasteiger charge is 2.32. The van der Waals surface area contributed by atoms with E-state index in [4.69, 9.17) is 32.7 Å². The van der Waals surface area contributed by atoms with Crippen LogP contribution in [0.3, 0.4) is 0 Å². The third kappa shape index (κ3) is 6.20. The van der Waals surface area contributed by atoms with Crippen LogP contribution in [0.1, 0.15) is 11.6 Å². The lowest BCUT2D eigenvalue weighted by Gasteiger charge is -2.37. The predicted octanol–water partition coefficient (Wildman–Crippen LogP) is 5.06. The van der Waals surface area contributed by atoms with Gasteiger partial charge in [0.25, 0.3) is 5.91 Å². The molecule has 0 saturated carbocycles. The molecule has 0 aromatic heterocycles. The second-order valence-electron chi connectivity index (χ2n) is 9.57. The van der Waals surface area contributed by atoms with Gasteiger partial charge in [0.15, 0.2) is 6.61 Å². The van der Waals surface area contributed by atoms with Crippen molar-refractivity contribution in [2.24, 2.45) is 0 Å². The molecule has 2 aliphatic rings. The highest BCUT2D eigenvalue weighted by molar-refractivity contribution is 6.42. The van der Waals surface area contributed by atoms with Gasteiger partial charge in [-0.15, -0.1) is 0 Å². The molecule has 7 nitrogen and oxygen atoms in total. The SMILES string of the molecule is CN(C(=O)CN1C(=O)COc2cc(Cl)c(Cl)cc21)C(CN1CCOCC1)c1ccc(-c2cccc(F)c2)cc1. The Kier molecular flexibility index (Phi) is 8.37. The third-order valence-electron chi connectivity index (χ3n) is 7.09. The Bertz CT molecular complexity index is 1370. The van der Waals surface area contributed by atoms with Crippen LogP contribution in [0.25, 0.3) is 11.1 Å². The first-order valence-corrected chi connectivity index (χ1v) is 13.4. The number of carbonyl (C=O) groups is 2. The van der Waals surface area contributed by atoms with Gasteiger partial charge in [-0.3, -0.25) is 19.4 Å². The minimum Gasteiger partial charge on any atom is -0.482 e. The number of benzene rings is 3. The van der Waals surface area contributed by atoms with Gasteiger partial charge < -0.3 is 14.4 Å². The molecule has 0 bridgehead atoms. The normalized spacial score (nSPS) is 16.4. The third-order valence-corrected chi connectivity index (χ3v) is 7.81. The van der Waals surface area contributed by atoms with E-state index in [1.165, 1.54) is 17.0 Å². The summed E-state index contributed by atoms with van der Waals surface area (Å²) in [6.45, 7) is 3.00. The summed E-state index contributed by atoms with van der Waals surface area (Å²) in [6, 6.07) is 17.0. The van der Waals surface area contributed by atoms with Crippen LogP contribution in [0.2, 0.25) is 10.0 Å². The van der Waals surface area contributed by atoms with Gasteiger partial charge in [0.1, 0.15) is 18.1 Å². The van der Waals surface area contributed by atoms with Crippen LogP contribution in [0.15, 0.2) is 60.7 Å². The fourth-order valence-electron chi connectivity index (χ4n) is 4.84. The Morgan fingerprint density at radius 3 is 2.46 bits per heavy atom. The van der Waals surface area contributed by atoms with Crippen LogP contribution >= 0.6 is 23.2 Å². The summed E-state index contributed by atoms with van der Waals surface area (Å²) in [4.78, 5) is 31.7. The Morgan fingerprint density at radius 2 is 1.74 bits per heavy atom. The van der Waals surface area contributed by atoms with E-state index in [-0.39, 0.29) is 41.8 Å². The van der Waals surface area contributed by atoms with Crippen molar-refractivity contribution < 1.29 is 23.5 Å². The summed E-state index contributed by atoms with van der Waals surface area (Å²) >= 11 is 12.3. The van der Waals surface area contributed by atoms with Gasteiger partial charge in [0.05, 0.1) is 35.0 Å². The number of hydrogen-bond donors (Lipinski definition) is 0. The largest absolute Gasteiger partial charge is 0.482 e. The molecule has 39 heavy (non-hydrogen) atoms. The smallest absolute Gasteiger partial charge is 0.265 e. The Balaban J connectivity index is 1.40. The van der Waals surface area contributed by atoms with Crippen molar-refractivity contribution in [3.05, 3.63) is 82.1 Å². The van der Waals surface area contributed by atoms with Crippen molar-refractivity contribution in [3.63, 3.8) is 0 Å². The molecule has 2 heterocycles. The number of hydrogen-bond acceptors (Lipinski definition) is 5. The average molecular weight is 572 g/mol. The zero-order chi connectivity index (χ0) is 27.5. The van der Waals surface area contributed by atoms with Gasteiger partial charge >= 0.3 is 0 Å². The van der Waals surface area contributed by atoms with Gasteiger partial charge in [-0.1, -0.05) is 59.6 Å².